The molecule has 3 heteroatoms. The zero-order chi connectivity index (χ0) is 12.1. The smallest absolute Gasteiger partial charge is 0.150 e. The first-order chi connectivity index (χ1) is 8.29. The molecule has 0 aromatic heterocycles. The van der Waals surface area contributed by atoms with E-state index < -0.39 is 0 Å². The van der Waals surface area contributed by atoms with Crippen molar-refractivity contribution in [1.29, 1.82) is 0 Å². The zero-order valence-electron chi connectivity index (χ0n) is 9.39. The minimum absolute atomic E-state index is 0.588. The molecule has 2 aromatic carbocycles. The summed E-state index contributed by atoms with van der Waals surface area (Å²) in [5, 5.41) is 3.24. The predicted octanol–water partition coefficient (Wildman–Crippen LogP) is 2.69. The van der Waals surface area contributed by atoms with Gasteiger partial charge in [0.2, 0.25) is 0 Å². The van der Waals surface area contributed by atoms with Crippen molar-refractivity contribution >= 4 is 17.7 Å². The fourth-order valence-corrected chi connectivity index (χ4v) is 1.61. The van der Waals surface area contributed by atoms with E-state index in [9.17, 15) is 4.79 Å². The summed E-state index contributed by atoms with van der Waals surface area (Å²) >= 11 is 0. The maximum Gasteiger partial charge on any atom is 0.150 e. The molecule has 0 heterocycles. The van der Waals surface area contributed by atoms with Crippen molar-refractivity contribution in [3.8, 4) is 0 Å². The van der Waals surface area contributed by atoms with E-state index in [0.29, 0.717) is 17.8 Å². The molecule has 2 aromatic rings. The molecule has 0 bridgehead atoms. The number of nitrogen functional groups attached to an aromatic ring is 1. The van der Waals surface area contributed by atoms with Gasteiger partial charge < -0.3 is 11.1 Å². The summed E-state index contributed by atoms with van der Waals surface area (Å²) in [6, 6.07) is 15.3. The van der Waals surface area contributed by atoms with E-state index in [4.69, 9.17) is 5.73 Å². The standard InChI is InChI=1S/C14H14N2O/c15-13-8-12(10-17)6-7-14(13)16-9-11-4-2-1-3-5-11/h1-8,10,16H,9,15H2. The van der Waals surface area contributed by atoms with Crippen LogP contribution < -0.4 is 11.1 Å². The van der Waals surface area contributed by atoms with E-state index in [1.807, 2.05) is 36.4 Å². The highest BCUT2D eigenvalue weighted by Gasteiger charge is 2.00. The van der Waals surface area contributed by atoms with Gasteiger partial charge in [0.1, 0.15) is 6.29 Å². The first-order valence-corrected chi connectivity index (χ1v) is 5.42. The summed E-state index contributed by atoms with van der Waals surface area (Å²) in [4.78, 5) is 10.6. The fourth-order valence-electron chi connectivity index (χ4n) is 1.61. The molecule has 86 valence electrons. The van der Waals surface area contributed by atoms with Crippen molar-refractivity contribution in [2.45, 2.75) is 6.54 Å². The predicted molar refractivity (Wildman–Crippen MR) is 70.0 cm³/mol. The monoisotopic (exact) mass is 226 g/mol. The van der Waals surface area contributed by atoms with Gasteiger partial charge in [0.25, 0.3) is 0 Å². The molecule has 0 aliphatic carbocycles. The van der Waals surface area contributed by atoms with E-state index in [1.165, 1.54) is 5.56 Å². The lowest BCUT2D eigenvalue weighted by Crippen LogP contribution is -2.02. The molecular weight excluding hydrogens is 212 g/mol. The lowest BCUT2D eigenvalue weighted by Gasteiger charge is -2.09. The van der Waals surface area contributed by atoms with Gasteiger partial charge in [0, 0.05) is 12.1 Å². The number of rotatable bonds is 4. The number of hydrogen-bond donors (Lipinski definition) is 2. The van der Waals surface area contributed by atoms with Gasteiger partial charge in [-0.2, -0.15) is 0 Å². The van der Waals surface area contributed by atoms with Crippen molar-refractivity contribution in [1.82, 2.24) is 0 Å². The normalized spacial score (nSPS) is 9.88. The average Bonchev–Trinajstić information content (AvgIpc) is 2.38. The summed E-state index contributed by atoms with van der Waals surface area (Å²) in [5.74, 6) is 0. The van der Waals surface area contributed by atoms with Crippen LogP contribution in [0.15, 0.2) is 48.5 Å². The number of aldehydes is 1. The van der Waals surface area contributed by atoms with Crippen LogP contribution in [0.1, 0.15) is 15.9 Å². The van der Waals surface area contributed by atoms with Crippen LogP contribution in [-0.2, 0) is 6.54 Å². The molecule has 3 N–H and O–H groups in total. The quantitative estimate of drug-likeness (QED) is 0.622. The van der Waals surface area contributed by atoms with Crippen molar-refractivity contribution in [2.75, 3.05) is 11.1 Å². The zero-order valence-corrected chi connectivity index (χ0v) is 9.39. The van der Waals surface area contributed by atoms with Crippen molar-refractivity contribution in [2.24, 2.45) is 0 Å². The highest BCUT2D eigenvalue weighted by Crippen LogP contribution is 2.19. The molecule has 0 spiro atoms. The molecule has 0 radical (unpaired) electrons. The Morgan fingerprint density at radius 1 is 1.12 bits per heavy atom. The molecule has 17 heavy (non-hydrogen) atoms. The van der Waals surface area contributed by atoms with Gasteiger partial charge in [-0.15, -0.1) is 0 Å². The number of benzene rings is 2. The number of carbonyl (C=O) groups is 1. The van der Waals surface area contributed by atoms with Gasteiger partial charge >= 0.3 is 0 Å². The second-order valence-electron chi connectivity index (χ2n) is 3.80. The van der Waals surface area contributed by atoms with Gasteiger partial charge in [-0.3, -0.25) is 4.79 Å². The summed E-state index contributed by atoms with van der Waals surface area (Å²) < 4.78 is 0. The molecule has 0 saturated carbocycles. The summed E-state index contributed by atoms with van der Waals surface area (Å²) in [6.07, 6.45) is 0.789. The molecular formula is C14H14N2O. The number of nitrogens with two attached hydrogens (primary N) is 1. The van der Waals surface area contributed by atoms with Crippen LogP contribution in [0, 0.1) is 0 Å². The van der Waals surface area contributed by atoms with Crippen LogP contribution in [0.5, 0.6) is 0 Å². The average molecular weight is 226 g/mol. The van der Waals surface area contributed by atoms with Crippen LogP contribution in [0.4, 0.5) is 11.4 Å². The lowest BCUT2D eigenvalue weighted by molar-refractivity contribution is 0.112. The third-order valence-corrected chi connectivity index (χ3v) is 2.54. The number of anilines is 2. The van der Waals surface area contributed by atoms with Gasteiger partial charge in [-0.25, -0.2) is 0 Å². The third-order valence-electron chi connectivity index (χ3n) is 2.54. The molecule has 2 rings (SSSR count). The maximum atomic E-state index is 10.6. The molecule has 0 fully saturated rings. The van der Waals surface area contributed by atoms with E-state index >= 15 is 0 Å². The Hall–Kier alpha value is -2.29. The minimum Gasteiger partial charge on any atom is -0.397 e. The number of nitrogens with one attached hydrogen (secondary N) is 1. The van der Waals surface area contributed by atoms with Crippen molar-refractivity contribution < 1.29 is 4.79 Å². The maximum absolute atomic E-state index is 10.6. The molecule has 0 aliphatic rings. The van der Waals surface area contributed by atoms with E-state index in [1.54, 1.807) is 12.1 Å². The second-order valence-corrected chi connectivity index (χ2v) is 3.80. The summed E-state index contributed by atoms with van der Waals surface area (Å²) in [6.45, 7) is 0.714. The van der Waals surface area contributed by atoms with E-state index in [2.05, 4.69) is 5.32 Å². The summed E-state index contributed by atoms with van der Waals surface area (Å²) in [5.41, 5.74) is 9.05. The minimum atomic E-state index is 0.588. The van der Waals surface area contributed by atoms with E-state index in [0.717, 1.165) is 12.0 Å². The highest BCUT2D eigenvalue weighted by atomic mass is 16.1. The molecule has 3 nitrogen and oxygen atoms in total. The lowest BCUT2D eigenvalue weighted by atomic mass is 10.1. The SMILES string of the molecule is Nc1cc(C=O)ccc1NCc1ccccc1. The first-order valence-electron chi connectivity index (χ1n) is 5.42. The molecule has 0 saturated heterocycles. The van der Waals surface area contributed by atoms with Crippen molar-refractivity contribution in [3.63, 3.8) is 0 Å². The Morgan fingerprint density at radius 2 is 1.88 bits per heavy atom. The topological polar surface area (TPSA) is 55.1 Å². The Balaban J connectivity index is 2.07. The molecule has 0 atom stereocenters. The Labute approximate surface area is 100 Å². The third kappa shape index (κ3) is 2.84. The summed E-state index contributed by atoms with van der Waals surface area (Å²) in [7, 11) is 0. The van der Waals surface area contributed by atoms with Crippen LogP contribution in [-0.4, -0.2) is 6.29 Å². The molecule has 0 unspecified atom stereocenters. The van der Waals surface area contributed by atoms with Crippen molar-refractivity contribution in [3.05, 3.63) is 59.7 Å². The number of hydrogen-bond acceptors (Lipinski definition) is 3. The molecule has 0 amide bonds. The van der Waals surface area contributed by atoms with Gasteiger partial charge in [0.15, 0.2) is 0 Å². The Bertz CT molecular complexity index is 509. The van der Waals surface area contributed by atoms with Gasteiger partial charge in [0.05, 0.1) is 11.4 Å². The fraction of sp³-hybridized carbons (Fsp3) is 0.0714. The highest BCUT2D eigenvalue weighted by molar-refractivity contribution is 5.80. The van der Waals surface area contributed by atoms with Crippen LogP contribution in [0.3, 0.4) is 0 Å². The van der Waals surface area contributed by atoms with Gasteiger partial charge in [-0.1, -0.05) is 30.3 Å². The van der Waals surface area contributed by atoms with E-state index in [-0.39, 0.29) is 0 Å². The Kier molecular flexibility index (Phi) is 3.40. The number of carbonyl (C=O) groups excluding carboxylic acids is 1. The van der Waals surface area contributed by atoms with Gasteiger partial charge in [-0.05, 0) is 23.8 Å². The molecule has 0 aliphatic heterocycles. The van der Waals surface area contributed by atoms with Crippen LogP contribution in [0.2, 0.25) is 0 Å². The van der Waals surface area contributed by atoms with Crippen LogP contribution in [0.25, 0.3) is 0 Å². The van der Waals surface area contributed by atoms with Crippen LogP contribution >= 0.6 is 0 Å². The second kappa shape index (κ2) is 5.16. The Morgan fingerprint density at radius 3 is 2.53 bits per heavy atom. The first kappa shape index (κ1) is 11.2. The largest absolute Gasteiger partial charge is 0.397 e.